The molecule has 1 nitrogen and oxygen atoms in total. The summed E-state index contributed by atoms with van der Waals surface area (Å²) in [5.41, 5.74) is 5.43. The van der Waals surface area contributed by atoms with Crippen molar-refractivity contribution in [3.8, 4) is 0 Å². The summed E-state index contributed by atoms with van der Waals surface area (Å²) in [4.78, 5) is 0. The van der Waals surface area contributed by atoms with Gasteiger partial charge in [-0.05, 0) is 32.2 Å². The Morgan fingerprint density at radius 3 is 2.00 bits per heavy atom. The van der Waals surface area contributed by atoms with Gasteiger partial charge in [0.2, 0.25) is 0 Å². The first-order valence-corrected chi connectivity index (χ1v) is 6.27. The Balaban J connectivity index is 2.94. The molecule has 0 aliphatic heterocycles. The van der Waals surface area contributed by atoms with Crippen LogP contribution in [0, 0.1) is 0 Å². The summed E-state index contributed by atoms with van der Waals surface area (Å²) in [7, 11) is 0. The fraction of sp³-hybridized carbons (Fsp3) is 0.846. The van der Waals surface area contributed by atoms with E-state index in [2.05, 4.69) is 19.1 Å². The fourth-order valence-electron chi connectivity index (χ4n) is 1.49. The highest BCUT2D eigenvalue weighted by Crippen LogP contribution is 2.05. The first-order valence-electron chi connectivity index (χ1n) is 6.27. The summed E-state index contributed by atoms with van der Waals surface area (Å²) in [5, 5.41) is 0. The van der Waals surface area contributed by atoms with E-state index >= 15 is 0 Å². The first-order chi connectivity index (χ1) is 6.91. The predicted molar refractivity (Wildman–Crippen MR) is 65.4 cm³/mol. The normalized spacial score (nSPS) is 11.3. The SMILES string of the molecule is CCCC/C=C/CCCCCCCN. The van der Waals surface area contributed by atoms with E-state index in [1.807, 2.05) is 0 Å². The highest BCUT2D eigenvalue weighted by atomic mass is 14.5. The van der Waals surface area contributed by atoms with Crippen molar-refractivity contribution < 1.29 is 0 Å². The number of unbranched alkanes of at least 4 members (excludes halogenated alkanes) is 7. The van der Waals surface area contributed by atoms with Gasteiger partial charge in [-0.3, -0.25) is 0 Å². The molecular weight excluding hydrogens is 170 g/mol. The molecule has 0 saturated carbocycles. The van der Waals surface area contributed by atoms with E-state index < -0.39 is 0 Å². The third-order valence-electron chi connectivity index (χ3n) is 2.47. The van der Waals surface area contributed by atoms with E-state index in [-0.39, 0.29) is 0 Å². The van der Waals surface area contributed by atoms with Crippen LogP contribution in [0.1, 0.15) is 64.7 Å². The van der Waals surface area contributed by atoms with Crippen molar-refractivity contribution in [3.05, 3.63) is 12.2 Å². The molecule has 0 unspecified atom stereocenters. The second-order valence-corrected chi connectivity index (χ2v) is 3.96. The van der Waals surface area contributed by atoms with E-state index in [0.717, 1.165) is 6.54 Å². The topological polar surface area (TPSA) is 26.0 Å². The Labute approximate surface area is 89.8 Å². The van der Waals surface area contributed by atoms with Crippen molar-refractivity contribution >= 4 is 0 Å². The number of allylic oxidation sites excluding steroid dienone is 2. The lowest BCUT2D eigenvalue weighted by atomic mass is 10.1. The average molecular weight is 197 g/mol. The molecule has 0 aromatic rings. The van der Waals surface area contributed by atoms with Crippen LogP contribution in [0.3, 0.4) is 0 Å². The van der Waals surface area contributed by atoms with Crippen LogP contribution in [0.5, 0.6) is 0 Å². The summed E-state index contributed by atoms with van der Waals surface area (Å²) in [6.07, 6.45) is 16.5. The second kappa shape index (κ2) is 12.7. The van der Waals surface area contributed by atoms with Gasteiger partial charge in [-0.1, -0.05) is 51.2 Å². The van der Waals surface area contributed by atoms with Crippen LogP contribution >= 0.6 is 0 Å². The summed E-state index contributed by atoms with van der Waals surface area (Å²) in [5.74, 6) is 0. The van der Waals surface area contributed by atoms with Crippen LogP contribution < -0.4 is 5.73 Å². The van der Waals surface area contributed by atoms with Crippen molar-refractivity contribution in [1.29, 1.82) is 0 Å². The summed E-state index contributed by atoms with van der Waals surface area (Å²) >= 11 is 0. The van der Waals surface area contributed by atoms with Crippen LogP contribution in [0.25, 0.3) is 0 Å². The average Bonchev–Trinajstić information content (AvgIpc) is 2.21. The highest BCUT2D eigenvalue weighted by Gasteiger charge is 1.87. The Kier molecular flexibility index (Phi) is 12.4. The van der Waals surface area contributed by atoms with Gasteiger partial charge in [-0.25, -0.2) is 0 Å². The summed E-state index contributed by atoms with van der Waals surface area (Å²) in [6, 6.07) is 0. The van der Waals surface area contributed by atoms with Gasteiger partial charge in [0.15, 0.2) is 0 Å². The quantitative estimate of drug-likeness (QED) is 0.415. The minimum absolute atomic E-state index is 0.858. The molecule has 2 N–H and O–H groups in total. The fourth-order valence-corrected chi connectivity index (χ4v) is 1.49. The number of hydrogen-bond acceptors (Lipinski definition) is 1. The molecule has 14 heavy (non-hydrogen) atoms. The standard InChI is InChI=1S/C13H27N/c1-2-3-4-5-6-7-8-9-10-11-12-13-14/h5-6H,2-4,7-14H2,1H3/b6-5+. The minimum atomic E-state index is 0.858. The molecule has 0 saturated heterocycles. The molecular formula is C13H27N. The zero-order valence-corrected chi connectivity index (χ0v) is 9.80. The molecule has 0 aromatic heterocycles. The van der Waals surface area contributed by atoms with Gasteiger partial charge in [-0.15, -0.1) is 0 Å². The molecule has 1 heteroatoms. The van der Waals surface area contributed by atoms with Crippen LogP contribution in [-0.4, -0.2) is 6.54 Å². The van der Waals surface area contributed by atoms with Crippen LogP contribution in [0.15, 0.2) is 12.2 Å². The lowest BCUT2D eigenvalue weighted by Crippen LogP contribution is -1.97. The Morgan fingerprint density at radius 1 is 0.786 bits per heavy atom. The maximum atomic E-state index is 5.43. The summed E-state index contributed by atoms with van der Waals surface area (Å²) < 4.78 is 0. The molecule has 0 aliphatic rings. The van der Waals surface area contributed by atoms with E-state index in [1.165, 1.54) is 57.8 Å². The molecule has 0 atom stereocenters. The van der Waals surface area contributed by atoms with Gasteiger partial charge in [-0.2, -0.15) is 0 Å². The first kappa shape index (κ1) is 13.7. The van der Waals surface area contributed by atoms with Crippen LogP contribution in [0.4, 0.5) is 0 Å². The van der Waals surface area contributed by atoms with Gasteiger partial charge in [0.05, 0.1) is 0 Å². The Hall–Kier alpha value is -0.300. The van der Waals surface area contributed by atoms with Crippen molar-refractivity contribution in [2.45, 2.75) is 64.7 Å². The van der Waals surface area contributed by atoms with Gasteiger partial charge in [0.1, 0.15) is 0 Å². The Morgan fingerprint density at radius 2 is 1.36 bits per heavy atom. The lowest BCUT2D eigenvalue weighted by molar-refractivity contribution is 0.622. The van der Waals surface area contributed by atoms with Gasteiger partial charge in [0, 0.05) is 0 Å². The molecule has 0 aromatic carbocycles. The smallest absolute Gasteiger partial charge is 0.00773 e. The summed E-state index contributed by atoms with van der Waals surface area (Å²) in [6.45, 7) is 3.10. The molecule has 0 rings (SSSR count). The molecule has 0 radical (unpaired) electrons. The van der Waals surface area contributed by atoms with E-state index in [9.17, 15) is 0 Å². The van der Waals surface area contributed by atoms with Gasteiger partial charge in [0.25, 0.3) is 0 Å². The molecule has 0 bridgehead atoms. The zero-order valence-electron chi connectivity index (χ0n) is 9.80. The maximum absolute atomic E-state index is 5.43. The molecule has 84 valence electrons. The third-order valence-corrected chi connectivity index (χ3v) is 2.47. The minimum Gasteiger partial charge on any atom is -0.330 e. The highest BCUT2D eigenvalue weighted by molar-refractivity contribution is 4.80. The second-order valence-electron chi connectivity index (χ2n) is 3.96. The zero-order chi connectivity index (χ0) is 10.5. The largest absolute Gasteiger partial charge is 0.330 e. The molecule has 0 heterocycles. The number of nitrogens with two attached hydrogens (primary N) is 1. The van der Waals surface area contributed by atoms with Crippen molar-refractivity contribution in [2.75, 3.05) is 6.54 Å². The number of rotatable bonds is 10. The third kappa shape index (κ3) is 11.7. The monoisotopic (exact) mass is 197 g/mol. The van der Waals surface area contributed by atoms with Crippen LogP contribution in [-0.2, 0) is 0 Å². The Bertz CT molecular complexity index is 118. The van der Waals surface area contributed by atoms with Gasteiger partial charge >= 0.3 is 0 Å². The maximum Gasteiger partial charge on any atom is -0.00773 e. The lowest BCUT2D eigenvalue weighted by Gasteiger charge is -1.97. The van der Waals surface area contributed by atoms with Crippen molar-refractivity contribution in [1.82, 2.24) is 0 Å². The van der Waals surface area contributed by atoms with E-state index in [1.54, 1.807) is 0 Å². The molecule has 0 spiro atoms. The molecule has 0 amide bonds. The van der Waals surface area contributed by atoms with Gasteiger partial charge < -0.3 is 5.73 Å². The number of hydrogen-bond donors (Lipinski definition) is 1. The van der Waals surface area contributed by atoms with Crippen molar-refractivity contribution in [3.63, 3.8) is 0 Å². The van der Waals surface area contributed by atoms with E-state index in [0.29, 0.717) is 0 Å². The molecule has 0 fully saturated rings. The van der Waals surface area contributed by atoms with E-state index in [4.69, 9.17) is 5.73 Å². The molecule has 0 aliphatic carbocycles. The van der Waals surface area contributed by atoms with Crippen molar-refractivity contribution in [2.24, 2.45) is 5.73 Å². The predicted octanol–water partition coefficient (Wildman–Crippen LogP) is 4.03. The van der Waals surface area contributed by atoms with Crippen LogP contribution in [0.2, 0.25) is 0 Å².